The number of carbonyl (C=O) groups excluding carboxylic acids is 1. The molecule has 5 nitrogen and oxygen atoms in total. The van der Waals surface area contributed by atoms with E-state index in [4.69, 9.17) is 27.9 Å². The van der Waals surface area contributed by atoms with Gasteiger partial charge < -0.3 is 15.4 Å². The number of nitrogens with one attached hydrogen (secondary N) is 2. The summed E-state index contributed by atoms with van der Waals surface area (Å²) < 4.78 is 5.42. The van der Waals surface area contributed by atoms with E-state index in [9.17, 15) is 4.79 Å². The molecule has 2 fully saturated rings. The van der Waals surface area contributed by atoms with Crippen LogP contribution in [0.3, 0.4) is 0 Å². The Labute approximate surface area is 146 Å². The number of urea groups is 1. The van der Waals surface area contributed by atoms with Gasteiger partial charge in [0.05, 0.1) is 23.3 Å². The molecule has 1 aromatic rings. The second-order valence-electron chi connectivity index (χ2n) is 6.11. The fourth-order valence-corrected chi connectivity index (χ4v) is 3.52. The number of nitrogens with zero attached hydrogens (tertiary/aromatic N) is 1. The molecule has 1 aliphatic heterocycles. The van der Waals surface area contributed by atoms with Crippen LogP contribution in [0.1, 0.15) is 19.3 Å². The summed E-state index contributed by atoms with van der Waals surface area (Å²) in [5.74, 6) is 0. The van der Waals surface area contributed by atoms with Gasteiger partial charge in [0, 0.05) is 30.9 Å². The van der Waals surface area contributed by atoms with Crippen molar-refractivity contribution in [3.8, 4) is 0 Å². The van der Waals surface area contributed by atoms with Gasteiger partial charge in [-0.1, -0.05) is 23.2 Å². The summed E-state index contributed by atoms with van der Waals surface area (Å²) >= 11 is 11.8. The number of ether oxygens (including phenoxy) is 1. The minimum atomic E-state index is -0.220. The first-order chi connectivity index (χ1) is 11.1. The minimum Gasteiger partial charge on any atom is -0.379 e. The van der Waals surface area contributed by atoms with Crippen molar-refractivity contribution in [2.24, 2.45) is 0 Å². The van der Waals surface area contributed by atoms with E-state index in [2.05, 4.69) is 15.5 Å². The summed E-state index contributed by atoms with van der Waals surface area (Å²) in [4.78, 5) is 14.6. The Kier molecular flexibility index (Phi) is 5.31. The molecule has 1 saturated heterocycles. The maximum absolute atomic E-state index is 12.1. The SMILES string of the molecule is O=C(NCC1(N2CCOCC2)CCC1)Nc1ccc(Cl)c(Cl)c1. The lowest BCUT2D eigenvalue weighted by molar-refractivity contribution is -0.0535. The average Bonchev–Trinajstić information content (AvgIpc) is 2.51. The van der Waals surface area contributed by atoms with E-state index in [-0.39, 0.29) is 11.6 Å². The molecular formula is C16H21Cl2N3O2. The van der Waals surface area contributed by atoms with Gasteiger partial charge in [-0.05, 0) is 37.5 Å². The van der Waals surface area contributed by atoms with E-state index in [1.165, 1.54) is 6.42 Å². The van der Waals surface area contributed by atoms with Gasteiger partial charge in [-0.25, -0.2) is 4.79 Å². The largest absolute Gasteiger partial charge is 0.379 e. The van der Waals surface area contributed by atoms with Crippen molar-refractivity contribution in [3.05, 3.63) is 28.2 Å². The van der Waals surface area contributed by atoms with Crippen molar-refractivity contribution < 1.29 is 9.53 Å². The maximum atomic E-state index is 12.1. The number of halogens is 2. The quantitative estimate of drug-likeness (QED) is 0.868. The number of amides is 2. The van der Waals surface area contributed by atoms with Gasteiger partial charge >= 0.3 is 6.03 Å². The van der Waals surface area contributed by atoms with Crippen LogP contribution in [0, 0.1) is 0 Å². The second kappa shape index (κ2) is 7.26. The topological polar surface area (TPSA) is 53.6 Å². The molecule has 2 N–H and O–H groups in total. The van der Waals surface area contributed by atoms with Gasteiger partial charge in [-0.3, -0.25) is 4.90 Å². The van der Waals surface area contributed by atoms with Gasteiger partial charge in [-0.2, -0.15) is 0 Å². The Bertz CT molecular complexity index is 572. The van der Waals surface area contributed by atoms with E-state index in [0.717, 1.165) is 39.1 Å². The molecule has 0 atom stereocenters. The molecule has 2 aliphatic rings. The molecule has 2 amide bonds. The van der Waals surface area contributed by atoms with Crippen molar-refractivity contribution in [2.45, 2.75) is 24.8 Å². The van der Waals surface area contributed by atoms with Gasteiger partial charge in [-0.15, -0.1) is 0 Å². The zero-order valence-corrected chi connectivity index (χ0v) is 14.4. The van der Waals surface area contributed by atoms with Crippen molar-refractivity contribution >= 4 is 34.9 Å². The summed E-state index contributed by atoms with van der Waals surface area (Å²) in [6.07, 6.45) is 3.47. The molecule has 0 aromatic heterocycles. The fourth-order valence-electron chi connectivity index (χ4n) is 3.22. The Balaban J connectivity index is 1.54. The predicted octanol–water partition coefficient (Wildman–Crippen LogP) is 3.37. The minimum absolute atomic E-state index is 0.0960. The number of carbonyl (C=O) groups is 1. The first-order valence-electron chi connectivity index (χ1n) is 7.92. The fraction of sp³-hybridized carbons (Fsp3) is 0.562. The molecule has 1 saturated carbocycles. The van der Waals surface area contributed by atoms with Crippen LogP contribution >= 0.6 is 23.2 Å². The molecule has 0 radical (unpaired) electrons. The highest BCUT2D eigenvalue weighted by molar-refractivity contribution is 6.42. The summed E-state index contributed by atoms with van der Waals surface area (Å²) in [5, 5.41) is 6.69. The van der Waals surface area contributed by atoms with Crippen molar-refractivity contribution in [3.63, 3.8) is 0 Å². The Morgan fingerprint density at radius 2 is 1.96 bits per heavy atom. The summed E-state index contributed by atoms with van der Waals surface area (Å²) in [7, 11) is 0. The average molecular weight is 358 g/mol. The maximum Gasteiger partial charge on any atom is 0.319 e. The first-order valence-corrected chi connectivity index (χ1v) is 8.67. The molecule has 0 spiro atoms. The lowest BCUT2D eigenvalue weighted by atomic mass is 9.75. The van der Waals surface area contributed by atoms with E-state index >= 15 is 0 Å². The molecule has 1 aromatic carbocycles. The summed E-state index contributed by atoms with van der Waals surface area (Å²) in [6, 6.07) is 4.82. The van der Waals surface area contributed by atoms with Crippen LogP contribution < -0.4 is 10.6 Å². The summed E-state index contributed by atoms with van der Waals surface area (Å²) in [5.41, 5.74) is 0.726. The molecule has 7 heteroatoms. The lowest BCUT2D eigenvalue weighted by Gasteiger charge is -2.51. The normalized spacial score (nSPS) is 20.6. The van der Waals surface area contributed by atoms with Crippen molar-refractivity contribution in [2.75, 3.05) is 38.2 Å². The molecule has 3 rings (SSSR count). The van der Waals surface area contributed by atoms with Crippen molar-refractivity contribution in [1.29, 1.82) is 0 Å². The number of benzene rings is 1. The highest BCUT2D eigenvalue weighted by Gasteiger charge is 2.42. The second-order valence-corrected chi connectivity index (χ2v) is 6.93. The van der Waals surface area contributed by atoms with Gasteiger partial charge in [0.15, 0.2) is 0 Å². The van der Waals surface area contributed by atoms with Crippen LogP contribution in [-0.2, 0) is 4.74 Å². The monoisotopic (exact) mass is 357 g/mol. The van der Waals surface area contributed by atoms with E-state index in [1.54, 1.807) is 18.2 Å². The van der Waals surface area contributed by atoms with Crippen LogP contribution in [-0.4, -0.2) is 49.3 Å². The number of anilines is 1. The molecule has 0 unspecified atom stereocenters. The Morgan fingerprint density at radius 1 is 1.22 bits per heavy atom. The van der Waals surface area contributed by atoms with E-state index in [1.807, 2.05) is 0 Å². The Hall–Kier alpha value is -1.01. The third-order valence-corrected chi connectivity index (χ3v) is 5.46. The number of hydrogen-bond donors (Lipinski definition) is 2. The Morgan fingerprint density at radius 3 is 2.57 bits per heavy atom. The molecule has 1 aliphatic carbocycles. The molecule has 1 heterocycles. The van der Waals surface area contributed by atoms with Gasteiger partial charge in [0.25, 0.3) is 0 Å². The number of rotatable bonds is 4. The van der Waals surface area contributed by atoms with Crippen LogP contribution in [0.25, 0.3) is 0 Å². The van der Waals surface area contributed by atoms with Crippen molar-refractivity contribution in [1.82, 2.24) is 10.2 Å². The molecule has 126 valence electrons. The highest BCUT2D eigenvalue weighted by Crippen LogP contribution is 2.37. The molecular weight excluding hydrogens is 337 g/mol. The van der Waals surface area contributed by atoms with Crippen LogP contribution in [0.5, 0.6) is 0 Å². The smallest absolute Gasteiger partial charge is 0.319 e. The standard InChI is InChI=1S/C16H21Cl2N3O2/c17-13-3-2-12(10-14(13)18)20-15(22)19-11-16(4-1-5-16)21-6-8-23-9-7-21/h2-3,10H,1,4-9,11H2,(H2,19,20,22). The molecule has 23 heavy (non-hydrogen) atoms. The van der Waals surface area contributed by atoms with E-state index in [0.29, 0.717) is 22.3 Å². The molecule has 0 bridgehead atoms. The third kappa shape index (κ3) is 3.91. The first kappa shape index (κ1) is 16.8. The van der Waals surface area contributed by atoms with Gasteiger partial charge in [0.1, 0.15) is 0 Å². The highest BCUT2D eigenvalue weighted by atomic mass is 35.5. The lowest BCUT2D eigenvalue weighted by Crippen LogP contribution is -2.62. The van der Waals surface area contributed by atoms with Crippen LogP contribution in [0.15, 0.2) is 18.2 Å². The van der Waals surface area contributed by atoms with E-state index < -0.39 is 0 Å². The number of hydrogen-bond acceptors (Lipinski definition) is 3. The number of morpholine rings is 1. The van der Waals surface area contributed by atoms with Crippen LogP contribution in [0.2, 0.25) is 10.0 Å². The van der Waals surface area contributed by atoms with Gasteiger partial charge in [0.2, 0.25) is 0 Å². The zero-order valence-electron chi connectivity index (χ0n) is 12.9. The zero-order chi connectivity index (χ0) is 16.3. The third-order valence-electron chi connectivity index (χ3n) is 4.72. The predicted molar refractivity (Wildman–Crippen MR) is 92.5 cm³/mol. The summed E-state index contributed by atoms with van der Waals surface area (Å²) in [6.45, 7) is 4.08. The van der Waals surface area contributed by atoms with Crippen LogP contribution in [0.4, 0.5) is 10.5 Å².